The summed E-state index contributed by atoms with van der Waals surface area (Å²) in [4.78, 5) is -0.326. The van der Waals surface area contributed by atoms with Crippen molar-refractivity contribution in [1.29, 1.82) is 0 Å². The highest BCUT2D eigenvalue weighted by Gasteiger charge is 2.17. The first kappa shape index (κ1) is 14.0. The van der Waals surface area contributed by atoms with Gasteiger partial charge in [-0.2, -0.15) is 0 Å². The van der Waals surface area contributed by atoms with Gasteiger partial charge in [0.05, 0.1) is 11.9 Å². The number of alkyl halides is 1. The molecule has 4 heteroatoms. The Bertz CT molecular complexity index is 599. The van der Waals surface area contributed by atoms with Gasteiger partial charge in [-0.25, -0.2) is 8.78 Å². The van der Waals surface area contributed by atoms with Crippen LogP contribution in [-0.2, 0) is 0 Å². The summed E-state index contributed by atoms with van der Waals surface area (Å²) in [5, 5.41) is 0. The summed E-state index contributed by atoms with van der Waals surface area (Å²) < 4.78 is 32.1. The maximum atomic E-state index is 13.6. The summed E-state index contributed by atoms with van der Waals surface area (Å²) in [6, 6.07) is 9.23. The quantitative estimate of drug-likeness (QED) is 0.738. The number of hydrogen-bond donors (Lipinski definition) is 0. The van der Waals surface area contributed by atoms with E-state index in [0.29, 0.717) is 22.4 Å². The lowest BCUT2D eigenvalue weighted by molar-refractivity contribution is 0.409. The Hall–Kier alpha value is -1.42. The summed E-state index contributed by atoms with van der Waals surface area (Å²) in [5.41, 5.74) is 1.92. The van der Waals surface area contributed by atoms with Gasteiger partial charge in [-0.3, -0.25) is 0 Å². The van der Waals surface area contributed by atoms with E-state index in [1.807, 2.05) is 6.07 Å². The molecule has 0 aliphatic carbocycles. The van der Waals surface area contributed by atoms with Crippen molar-refractivity contribution in [1.82, 2.24) is 0 Å². The average Bonchev–Trinajstić information content (AvgIpc) is 2.41. The van der Waals surface area contributed by atoms with Crippen LogP contribution in [0.2, 0.25) is 0 Å². The predicted octanol–water partition coefficient (Wildman–Crippen LogP) is 4.77. The second-order valence-electron chi connectivity index (χ2n) is 4.26. The molecule has 0 aliphatic heterocycles. The smallest absolute Gasteiger partial charge is 0.126 e. The van der Waals surface area contributed by atoms with E-state index in [-0.39, 0.29) is 16.5 Å². The molecule has 0 radical (unpaired) electrons. The summed E-state index contributed by atoms with van der Waals surface area (Å²) in [6.07, 6.45) is 0. The van der Waals surface area contributed by atoms with E-state index in [1.54, 1.807) is 19.1 Å². The van der Waals surface area contributed by atoms with Gasteiger partial charge in [0, 0.05) is 5.56 Å². The van der Waals surface area contributed by atoms with Crippen molar-refractivity contribution in [2.75, 3.05) is 7.11 Å². The molecule has 0 fully saturated rings. The molecule has 0 saturated heterocycles. The molecular formula is C15H13BrF2O. The number of benzene rings is 2. The van der Waals surface area contributed by atoms with Crippen molar-refractivity contribution in [3.8, 4) is 5.75 Å². The van der Waals surface area contributed by atoms with E-state index in [1.165, 1.54) is 25.3 Å². The normalized spacial score (nSPS) is 12.3. The van der Waals surface area contributed by atoms with Gasteiger partial charge in [-0.15, -0.1) is 0 Å². The van der Waals surface area contributed by atoms with Crippen molar-refractivity contribution in [3.05, 3.63) is 64.7 Å². The standard InChI is InChI=1S/C15H13BrF2O/c1-9-3-4-10(7-13(9)18)15(16)12-8-11(17)5-6-14(12)19-2/h3-8,15H,1-2H3. The Morgan fingerprint density at radius 2 is 1.84 bits per heavy atom. The van der Waals surface area contributed by atoms with Crippen LogP contribution < -0.4 is 4.74 Å². The molecule has 0 aromatic heterocycles. The maximum Gasteiger partial charge on any atom is 0.126 e. The summed E-state index contributed by atoms with van der Waals surface area (Å²) in [5.74, 6) is -0.0746. The molecular weight excluding hydrogens is 314 g/mol. The van der Waals surface area contributed by atoms with Crippen molar-refractivity contribution in [3.63, 3.8) is 0 Å². The Labute approximate surface area is 119 Å². The van der Waals surface area contributed by atoms with E-state index in [4.69, 9.17) is 4.74 Å². The Morgan fingerprint density at radius 1 is 1.11 bits per heavy atom. The van der Waals surface area contributed by atoms with Crippen LogP contribution in [-0.4, -0.2) is 7.11 Å². The first-order valence-electron chi connectivity index (χ1n) is 5.76. The van der Waals surface area contributed by atoms with Crippen LogP contribution in [0.4, 0.5) is 8.78 Å². The zero-order valence-corrected chi connectivity index (χ0v) is 12.2. The molecule has 0 spiro atoms. The fraction of sp³-hybridized carbons (Fsp3) is 0.200. The molecule has 0 bridgehead atoms. The monoisotopic (exact) mass is 326 g/mol. The fourth-order valence-electron chi connectivity index (χ4n) is 1.85. The van der Waals surface area contributed by atoms with Crippen LogP contribution in [0.25, 0.3) is 0 Å². The second-order valence-corrected chi connectivity index (χ2v) is 5.17. The van der Waals surface area contributed by atoms with E-state index < -0.39 is 0 Å². The number of halogens is 3. The Kier molecular flexibility index (Phi) is 4.20. The molecule has 2 aromatic carbocycles. The molecule has 0 saturated carbocycles. The summed E-state index contributed by atoms with van der Waals surface area (Å²) in [6.45, 7) is 1.70. The van der Waals surface area contributed by atoms with Crippen LogP contribution in [0.1, 0.15) is 21.5 Å². The minimum Gasteiger partial charge on any atom is -0.496 e. The second kappa shape index (κ2) is 5.70. The highest BCUT2D eigenvalue weighted by Crippen LogP contribution is 2.37. The van der Waals surface area contributed by atoms with Gasteiger partial charge in [0.2, 0.25) is 0 Å². The van der Waals surface area contributed by atoms with Gasteiger partial charge in [-0.05, 0) is 42.3 Å². The van der Waals surface area contributed by atoms with Crippen molar-refractivity contribution >= 4 is 15.9 Å². The lowest BCUT2D eigenvalue weighted by atomic mass is 10.0. The SMILES string of the molecule is COc1ccc(F)cc1C(Br)c1ccc(C)c(F)c1. The Morgan fingerprint density at radius 3 is 2.47 bits per heavy atom. The van der Waals surface area contributed by atoms with Gasteiger partial charge in [0.25, 0.3) is 0 Å². The molecule has 1 atom stereocenters. The third-order valence-electron chi connectivity index (χ3n) is 2.95. The molecule has 0 amide bonds. The number of aryl methyl sites for hydroxylation is 1. The van der Waals surface area contributed by atoms with E-state index in [2.05, 4.69) is 15.9 Å². The van der Waals surface area contributed by atoms with Gasteiger partial charge < -0.3 is 4.74 Å². The molecule has 2 rings (SSSR count). The first-order chi connectivity index (χ1) is 9.02. The summed E-state index contributed by atoms with van der Waals surface area (Å²) in [7, 11) is 1.52. The first-order valence-corrected chi connectivity index (χ1v) is 6.68. The van der Waals surface area contributed by atoms with E-state index in [9.17, 15) is 8.78 Å². The van der Waals surface area contributed by atoms with Crippen LogP contribution in [0.5, 0.6) is 5.75 Å². The van der Waals surface area contributed by atoms with Crippen molar-refractivity contribution < 1.29 is 13.5 Å². The molecule has 2 aromatic rings. The van der Waals surface area contributed by atoms with Crippen molar-refractivity contribution in [2.24, 2.45) is 0 Å². The van der Waals surface area contributed by atoms with E-state index >= 15 is 0 Å². The molecule has 0 aliphatic rings. The minimum absolute atomic E-state index is 0.280. The molecule has 1 unspecified atom stereocenters. The predicted molar refractivity (Wildman–Crippen MR) is 74.9 cm³/mol. The third kappa shape index (κ3) is 2.95. The maximum absolute atomic E-state index is 13.6. The van der Waals surface area contributed by atoms with Gasteiger partial charge >= 0.3 is 0 Å². The number of hydrogen-bond acceptors (Lipinski definition) is 1. The molecule has 19 heavy (non-hydrogen) atoms. The number of methoxy groups -OCH3 is 1. The van der Waals surface area contributed by atoms with E-state index in [0.717, 1.165) is 0 Å². The average molecular weight is 327 g/mol. The van der Waals surface area contributed by atoms with Crippen molar-refractivity contribution in [2.45, 2.75) is 11.8 Å². The number of rotatable bonds is 3. The van der Waals surface area contributed by atoms with Crippen LogP contribution in [0, 0.1) is 18.6 Å². The molecule has 0 N–H and O–H groups in total. The molecule has 100 valence electrons. The van der Waals surface area contributed by atoms with Gasteiger partial charge in [-0.1, -0.05) is 28.1 Å². The van der Waals surface area contributed by atoms with Gasteiger partial charge in [0.15, 0.2) is 0 Å². The lowest BCUT2D eigenvalue weighted by Crippen LogP contribution is -1.99. The third-order valence-corrected chi connectivity index (χ3v) is 3.98. The number of ether oxygens (including phenoxy) is 1. The lowest BCUT2D eigenvalue weighted by Gasteiger charge is -2.15. The summed E-state index contributed by atoms with van der Waals surface area (Å²) >= 11 is 3.47. The van der Waals surface area contributed by atoms with Crippen LogP contribution in [0.15, 0.2) is 36.4 Å². The topological polar surface area (TPSA) is 9.23 Å². The zero-order chi connectivity index (χ0) is 14.0. The fourth-order valence-corrected chi connectivity index (χ4v) is 2.49. The van der Waals surface area contributed by atoms with Gasteiger partial charge in [0.1, 0.15) is 17.4 Å². The largest absolute Gasteiger partial charge is 0.496 e. The van der Waals surface area contributed by atoms with Crippen LogP contribution in [0.3, 0.4) is 0 Å². The van der Waals surface area contributed by atoms with Crippen LogP contribution >= 0.6 is 15.9 Å². The highest BCUT2D eigenvalue weighted by atomic mass is 79.9. The minimum atomic E-state index is -0.354. The zero-order valence-electron chi connectivity index (χ0n) is 10.6. The Balaban J connectivity index is 2.45. The highest BCUT2D eigenvalue weighted by molar-refractivity contribution is 9.09. The molecule has 1 nitrogen and oxygen atoms in total. The molecule has 0 heterocycles.